The van der Waals surface area contributed by atoms with E-state index in [4.69, 9.17) is 9.47 Å². The maximum absolute atomic E-state index is 12.9. The third-order valence-electron chi connectivity index (χ3n) is 11.0. The maximum atomic E-state index is 12.9. The summed E-state index contributed by atoms with van der Waals surface area (Å²) in [6, 6.07) is -1.16. The highest BCUT2D eigenvalue weighted by molar-refractivity contribution is 6.39. The zero-order valence-corrected chi connectivity index (χ0v) is 32.3. The van der Waals surface area contributed by atoms with Crippen molar-refractivity contribution in [1.82, 2.24) is 4.90 Å². The van der Waals surface area contributed by atoms with Crippen LogP contribution in [0.3, 0.4) is 0 Å². The lowest BCUT2D eigenvalue weighted by Crippen LogP contribution is -2.57. The van der Waals surface area contributed by atoms with E-state index >= 15 is 0 Å². The first-order valence-corrected chi connectivity index (χ1v) is 19.1. The summed E-state index contributed by atoms with van der Waals surface area (Å²) in [5.41, 5.74) is 2.37. The number of aliphatic hydroxyl groups excluding tert-OH is 1. The number of carboxylic acid groups (broad SMARTS) is 1. The first-order chi connectivity index (χ1) is 24.0. The first kappa shape index (κ1) is 44.7. The molecule has 11 heteroatoms. The molecule has 1 saturated heterocycles. The minimum Gasteiger partial charge on any atom is -0.480 e. The standard InChI is InChI=1S/C40H67NO10/c1-26(20-27(2)17-18-32(42)25-36(43)29(4)21-28(3)22-31-13-11-15-34(24-31)51-7)12-10-14-33(50-6)23-30(5)40(48,49)37(44)38(45)41-19-9-8-16-35(41)39(46)47/h17,22,26,29-31,33-36,43,48-49H,8-16,18-21,23-25H2,1-7H3,(H,46,47). The second kappa shape index (κ2) is 21.9. The topological polar surface area (TPSA) is 171 Å². The van der Waals surface area contributed by atoms with Crippen LogP contribution >= 0.6 is 0 Å². The van der Waals surface area contributed by atoms with E-state index in [1.165, 1.54) is 32.4 Å². The van der Waals surface area contributed by atoms with E-state index in [9.17, 15) is 39.6 Å². The summed E-state index contributed by atoms with van der Waals surface area (Å²) >= 11 is 0. The summed E-state index contributed by atoms with van der Waals surface area (Å²) in [4.78, 5) is 51.0. The Balaban J connectivity index is 1.75. The van der Waals surface area contributed by atoms with Crippen LogP contribution in [-0.4, -0.2) is 99.7 Å². The van der Waals surface area contributed by atoms with Crippen molar-refractivity contribution in [2.24, 2.45) is 23.7 Å². The highest BCUT2D eigenvalue weighted by Gasteiger charge is 2.47. The monoisotopic (exact) mass is 721 g/mol. The molecule has 0 aromatic rings. The fraction of sp³-hybridized carbons (Fsp3) is 0.800. The lowest BCUT2D eigenvalue weighted by Gasteiger charge is -2.35. The fourth-order valence-electron chi connectivity index (χ4n) is 7.73. The van der Waals surface area contributed by atoms with Gasteiger partial charge in [-0.3, -0.25) is 14.4 Å². The molecule has 8 unspecified atom stereocenters. The highest BCUT2D eigenvalue weighted by atomic mass is 16.5. The van der Waals surface area contributed by atoms with Crippen molar-refractivity contribution in [3.8, 4) is 0 Å². The van der Waals surface area contributed by atoms with Gasteiger partial charge in [-0.2, -0.15) is 0 Å². The number of rotatable bonds is 22. The van der Waals surface area contributed by atoms with Gasteiger partial charge in [0.25, 0.3) is 11.7 Å². The van der Waals surface area contributed by atoms with E-state index in [2.05, 4.69) is 19.9 Å². The van der Waals surface area contributed by atoms with Crippen LogP contribution in [0.1, 0.15) is 131 Å². The Hall–Kier alpha value is -2.44. The zero-order chi connectivity index (χ0) is 38.3. The number of hydrogen-bond donors (Lipinski definition) is 4. The number of hydrogen-bond acceptors (Lipinski definition) is 9. The van der Waals surface area contributed by atoms with Crippen molar-refractivity contribution in [2.45, 2.75) is 161 Å². The van der Waals surface area contributed by atoms with E-state index in [-0.39, 0.29) is 43.6 Å². The van der Waals surface area contributed by atoms with Crippen molar-refractivity contribution >= 4 is 23.4 Å². The smallest absolute Gasteiger partial charge is 0.326 e. The van der Waals surface area contributed by atoms with E-state index in [1.807, 2.05) is 19.9 Å². The second-order valence-electron chi connectivity index (χ2n) is 15.7. The van der Waals surface area contributed by atoms with Crippen LogP contribution in [0, 0.1) is 23.7 Å². The van der Waals surface area contributed by atoms with Gasteiger partial charge >= 0.3 is 5.97 Å². The van der Waals surface area contributed by atoms with Gasteiger partial charge in [-0.1, -0.05) is 63.3 Å². The lowest BCUT2D eigenvalue weighted by atomic mass is 9.84. The van der Waals surface area contributed by atoms with Gasteiger partial charge in [-0.15, -0.1) is 0 Å². The Labute approximate surface area is 305 Å². The van der Waals surface area contributed by atoms with Gasteiger partial charge in [0.15, 0.2) is 0 Å². The molecule has 2 fully saturated rings. The number of nitrogens with zero attached hydrogens (tertiary/aromatic N) is 1. The SMILES string of the molecule is COC1CCCC(C=C(C)CC(C)C(O)CC(=O)CC=C(C)CC(C)CCCC(CC(C)C(O)(O)C(=O)C(=O)N2CCCCC2C(=O)O)OC)C1. The molecular formula is C40H67NO10. The summed E-state index contributed by atoms with van der Waals surface area (Å²) in [7, 11) is 3.30. The Morgan fingerprint density at radius 1 is 0.922 bits per heavy atom. The molecule has 292 valence electrons. The molecule has 2 rings (SSSR count). The van der Waals surface area contributed by atoms with Crippen molar-refractivity contribution in [2.75, 3.05) is 20.8 Å². The number of Topliss-reactive ketones (excluding diaryl/α,β-unsaturated/α-hetero) is 2. The first-order valence-electron chi connectivity index (χ1n) is 19.1. The number of likely N-dealkylation sites (tertiary alicyclic amines) is 1. The summed E-state index contributed by atoms with van der Waals surface area (Å²) in [5, 5.41) is 41.6. The van der Waals surface area contributed by atoms with Crippen LogP contribution in [0.15, 0.2) is 23.3 Å². The molecule has 0 spiro atoms. The summed E-state index contributed by atoms with van der Waals surface area (Å²) in [5.74, 6) is -6.94. The number of allylic oxidation sites excluding steroid dienone is 4. The van der Waals surface area contributed by atoms with E-state index in [0.717, 1.165) is 49.0 Å². The Morgan fingerprint density at radius 3 is 2.27 bits per heavy atom. The number of ketones is 2. The van der Waals surface area contributed by atoms with Crippen LogP contribution < -0.4 is 0 Å². The average molecular weight is 722 g/mol. The molecule has 0 aromatic carbocycles. The Kier molecular flexibility index (Phi) is 19.2. The van der Waals surface area contributed by atoms with Crippen molar-refractivity contribution in [1.29, 1.82) is 0 Å². The highest BCUT2D eigenvalue weighted by Crippen LogP contribution is 2.30. The van der Waals surface area contributed by atoms with Gasteiger partial charge in [-0.25, -0.2) is 4.79 Å². The van der Waals surface area contributed by atoms with E-state index in [0.29, 0.717) is 43.6 Å². The molecule has 1 heterocycles. The molecule has 0 aromatic heterocycles. The zero-order valence-electron chi connectivity index (χ0n) is 32.3. The van der Waals surface area contributed by atoms with Gasteiger partial charge in [0.2, 0.25) is 5.79 Å². The normalized spacial score (nSPS) is 23.6. The second-order valence-corrected chi connectivity index (χ2v) is 15.7. The quantitative estimate of drug-likeness (QED) is 0.0611. The summed E-state index contributed by atoms with van der Waals surface area (Å²) in [6.07, 6.45) is 13.8. The van der Waals surface area contributed by atoms with Gasteiger partial charge in [0.1, 0.15) is 11.8 Å². The third-order valence-corrected chi connectivity index (χ3v) is 11.0. The van der Waals surface area contributed by atoms with Gasteiger partial charge in [0, 0.05) is 39.5 Å². The molecule has 2 aliphatic rings. The van der Waals surface area contributed by atoms with E-state index in [1.54, 1.807) is 7.11 Å². The average Bonchev–Trinajstić information content (AvgIpc) is 3.09. The molecule has 0 bridgehead atoms. The largest absolute Gasteiger partial charge is 0.480 e. The summed E-state index contributed by atoms with van der Waals surface area (Å²) in [6.45, 7) is 9.81. The number of aliphatic carboxylic acids is 1. The number of methoxy groups -OCH3 is 2. The van der Waals surface area contributed by atoms with Gasteiger partial charge in [0.05, 0.1) is 18.3 Å². The number of piperidine rings is 1. The molecule has 0 radical (unpaired) electrons. The molecule has 8 atom stereocenters. The number of carboxylic acids is 1. The van der Waals surface area contributed by atoms with Crippen LogP contribution in [-0.2, 0) is 28.7 Å². The van der Waals surface area contributed by atoms with Crippen LogP contribution in [0.2, 0.25) is 0 Å². The minimum atomic E-state index is -2.95. The minimum absolute atomic E-state index is 0.00341. The predicted octanol–water partition coefficient (Wildman–Crippen LogP) is 5.77. The van der Waals surface area contributed by atoms with Crippen LogP contribution in [0.4, 0.5) is 0 Å². The molecule has 11 nitrogen and oxygen atoms in total. The Bertz CT molecular complexity index is 1200. The van der Waals surface area contributed by atoms with Gasteiger partial charge < -0.3 is 34.8 Å². The Morgan fingerprint density at radius 2 is 1.63 bits per heavy atom. The molecule has 1 aliphatic carbocycles. The molecule has 1 aliphatic heterocycles. The van der Waals surface area contributed by atoms with Crippen molar-refractivity contribution in [3.05, 3.63) is 23.3 Å². The van der Waals surface area contributed by atoms with Gasteiger partial charge in [-0.05, 0) is 95.8 Å². The fourth-order valence-corrected chi connectivity index (χ4v) is 7.73. The van der Waals surface area contributed by atoms with Crippen molar-refractivity contribution in [3.63, 3.8) is 0 Å². The van der Waals surface area contributed by atoms with Crippen molar-refractivity contribution < 1.29 is 49.1 Å². The number of carbonyl (C=O) groups excluding carboxylic acids is 3. The van der Waals surface area contributed by atoms with Crippen LogP contribution in [0.25, 0.3) is 0 Å². The number of aliphatic hydroxyl groups is 3. The molecule has 51 heavy (non-hydrogen) atoms. The summed E-state index contributed by atoms with van der Waals surface area (Å²) < 4.78 is 11.1. The molecule has 4 N–H and O–H groups in total. The van der Waals surface area contributed by atoms with E-state index < -0.39 is 41.5 Å². The third kappa shape index (κ3) is 14.8. The number of amides is 1. The maximum Gasteiger partial charge on any atom is 0.326 e. The van der Waals surface area contributed by atoms with Crippen LogP contribution in [0.5, 0.6) is 0 Å². The lowest BCUT2D eigenvalue weighted by molar-refractivity contribution is -0.208. The number of ether oxygens (including phenoxy) is 2. The molecule has 1 saturated carbocycles. The predicted molar refractivity (Wildman–Crippen MR) is 196 cm³/mol. The molecular weight excluding hydrogens is 654 g/mol. The number of carbonyl (C=O) groups is 4. The molecule has 1 amide bonds.